The van der Waals surface area contributed by atoms with Crippen molar-refractivity contribution in [2.45, 2.75) is 38.1 Å². The standard InChI is InChI=1S/C28H28S2Si/c1-5-6-9-18-27(29-23-25-14-10-7-11-15-25)19-20-28(21-22-31(2,3)4)30-24-26-16-12-8-13-17-26/h7-8,10-17,19-20H,23-24H2,1-4H3/b27-19-,28-20-. The minimum absolute atomic E-state index is 0.877. The number of allylic oxidation sites excluding steroid dienone is 4. The molecule has 31 heavy (non-hydrogen) atoms. The van der Waals surface area contributed by atoms with Crippen LogP contribution in [-0.4, -0.2) is 8.07 Å². The van der Waals surface area contributed by atoms with E-state index < -0.39 is 8.07 Å². The zero-order valence-electron chi connectivity index (χ0n) is 18.7. The number of thioether (sulfide) groups is 2. The summed E-state index contributed by atoms with van der Waals surface area (Å²) in [6, 6.07) is 21.0. The van der Waals surface area contributed by atoms with Crippen LogP contribution in [0.5, 0.6) is 0 Å². The Labute approximate surface area is 198 Å². The second-order valence-corrected chi connectivity index (χ2v) is 14.5. The third kappa shape index (κ3) is 11.5. The Bertz CT molecular complexity index is 1070. The Morgan fingerprint density at radius 3 is 1.68 bits per heavy atom. The molecule has 0 amide bonds. The fraction of sp³-hybridized carbons (Fsp3) is 0.214. The van der Waals surface area contributed by atoms with Crippen molar-refractivity contribution in [2.75, 3.05) is 0 Å². The molecular formula is C28H28S2Si. The maximum Gasteiger partial charge on any atom is 0.129 e. The predicted molar refractivity (Wildman–Crippen MR) is 144 cm³/mol. The van der Waals surface area contributed by atoms with E-state index in [4.69, 9.17) is 0 Å². The first kappa shape index (κ1) is 24.8. The Hall–Kier alpha value is -2.48. The fourth-order valence-electron chi connectivity index (χ4n) is 2.28. The zero-order chi connectivity index (χ0) is 22.4. The molecule has 0 unspecified atom stereocenters. The van der Waals surface area contributed by atoms with E-state index in [2.05, 4.69) is 115 Å². The smallest absolute Gasteiger partial charge is 0.126 e. The lowest BCUT2D eigenvalue weighted by Crippen LogP contribution is -2.16. The molecule has 0 nitrogen and oxygen atoms in total. The summed E-state index contributed by atoms with van der Waals surface area (Å²) in [5, 5.41) is 0. The molecule has 0 saturated carbocycles. The molecule has 0 bridgehead atoms. The topological polar surface area (TPSA) is 0 Å². The van der Waals surface area contributed by atoms with Crippen molar-refractivity contribution in [3.8, 4) is 35.1 Å². The SMILES string of the molecule is CC#CC#C/C(=C/C=C(/C#C[Si](C)(C)C)SCc1ccccc1)SCc1ccccc1. The van der Waals surface area contributed by atoms with E-state index in [1.807, 2.05) is 12.1 Å². The van der Waals surface area contributed by atoms with Gasteiger partial charge in [0.15, 0.2) is 0 Å². The van der Waals surface area contributed by atoms with Crippen LogP contribution in [0.2, 0.25) is 19.6 Å². The van der Waals surface area contributed by atoms with Gasteiger partial charge in [-0.25, -0.2) is 0 Å². The fourth-order valence-corrected chi connectivity index (χ4v) is 4.48. The first-order valence-corrected chi connectivity index (χ1v) is 15.6. The number of benzene rings is 2. The molecule has 0 saturated heterocycles. The van der Waals surface area contributed by atoms with Crippen LogP contribution in [0.25, 0.3) is 0 Å². The normalized spacial score (nSPS) is 11.4. The third-order valence-electron chi connectivity index (χ3n) is 3.79. The molecule has 0 aliphatic carbocycles. The summed E-state index contributed by atoms with van der Waals surface area (Å²) in [6.07, 6.45) is 4.20. The molecule has 0 aromatic heterocycles. The van der Waals surface area contributed by atoms with Gasteiger partial charge in [-0.15, -0.1) is 29.1 Å². The highest BCUT2D eigenvalue weighted by atomic mass is 32.2. The molecule has 0 heterocycles. The minimum Gasteiger partial charge on any atom is -0.126 e. The van der Waals surface area contributed by atoms with Gasteiger partial charge in [-0.3, -0.25) is 0 Å². The third-order valence-corrected chi connectivity index (χ3v) is 6.72. The number of rotatable bonds is 7. The van der Waals surface area contributed by atoms with Crippen molar-refractivity contribution in [1.82, 2.24) is 0 Å². The molecule has 0 radical (unpaired) electrons. The maximum absolute atomic E-state index is 3.50. The van der Waals surface area contributed by atoms with Gasteiger partial charge >= 0.3 is 0 Å². The van der Waals surface area contributed by atoms with E-state index in [1.165, 1.54) is 11.1 Å². The average molecular weight is 457 g/mol. The van der Waals surface area contributed by atoms with Crippen molar-refractivity contribution in [3.63, 3.8) is 0 Å². The van der Waals surface area contributed by atoms with Gasteiger partial charge < -0.3 is 0 Å². The second kappa shape index (κ2) is 13.7. The molecule has 0 aliphatic heterocycles. The van der Waals surface area contributed by atoms with Crippen molar-refractivity contribution in [1.29, 1.82) is 0 Å². The molecule has 2 aromatic carbocycles. The first-order chi connectivity index (χ1) is 15.0. The Morgan fingerprint density at radius 2 is 1.23 bits per heavy atom. The maximum atomic E-state index is 3.50. The van der Waals surface area contributed by atoms with Crippen LogP contribution in [-0.2, 0) is 11.5 Å². The summed E-state index contributed by atoms with van der Waals surface area (Å²) in [7, 11) is -1.46. The molecule has 0 N–H and O–H groups in total. The minimum atomic E-state index is -1.46. The molecule has 0 spiro atoms. The van der Waals surface area contributed by atoms with E-state index in [1.54, 1.807) is 30.4 Å². The predicted octanol–water partition coefficient (Wildman–Crippen LogP) is 7.53. The van der Waals surface area contributed by atoms with Crippen LogP contribution in [0.4, 0.5) is 0 Å². The van der Waals surface area contributed by atoms with Crippen LogP contribution >= 0.6 is 23.5 Å². The van der Waals surface area contributed by atoms with Crippen molar-refractivity contribution in [3.05, 3.63) is 93.8 Å². The Morgan fingerprint density at radius 1 is 0.742 bits per heavy atom. The van der Waals surface area contributed by atoms with Crippen LogP contribution in [0.3, 0.4) is 0 Å². The van der Waals surface area contributed by atoms with Crippen LogP contribution in [0.15, 0.2) is 82.6 Å². The van der Waals surface area contributed by atoms with Crippen LogP contribution in [0, 0.1) is 35.1 Å². The van der Waals surface area contributed by atoms with Crippen LogP contribution in [0.1, 0.15) is 18.1 Å². The summed E-state index contributed by atoms with van der Waals surface area (Å²) < 4.78 is 0. The summed E-state index contributed by atoms with van der Waals surface area (Å²) in [5.41, 5.74) is 6.08. The first-order valence-electron chi connectivity index (χ1n) is 10.2. The summed E-state index contributed by atoms with van der Waals surface area (Å²) in [4.78, 5) is 2.08. The Kier molecular flexibility index (Phi) is 11.0. The highest BCUT2D eigenvalue weighted by Gasteiger charge is 2.08. The van der Waals surface area contributed by atoms with Gasteiger partial charge in [0.25, 0.3) is 0 Å². The van der Waals surface area contributed by atoms with E-state index in [0.29, 0.717) is 0 Å². The van der Waals surface area contributed by atoms with Gasteiger partial charge in [-0.2, -0.15) is 0 Å². The molecule has 0 fully saturated rings. The molecule has 0 atom stereocenters. The van der Waals surface area contributed by atoms with Gasteiger partial charge in [0, 0.05) is 11.5 Å². The lowest BCUT2D eigenvalue weighted by molar-refractivity contribution is 1.42. The van der Waals surface area contributed by atoms with E-state index in [-0.39, 0.29) is 0 Å². The Balaban J connectivity index is 2.25. The van der Waals surface area contributed by atoms with Gasteiger partial charge in [-0.05, 0) is 48.0 Å². The molecule has 2 aromatic rings. The quantitative estimate of drug-likeness (QED) is 0.240. The zero-order valence-corrected chi connectivity index (χ0v) is 21.3. The van der Waals surface area contributed by atoms with Gasteiger partial charge in [0.2, 0.25) is 0 Å². The summed E-state index contributed by atoms with van der Waals surface area (Å²) in [6.45, 7) is 8.61. The van der Waals surface area contributed by atoms with Gasteiger partial charge in [0.1, 0.15) is 8.07 Å². The summed E-state index contributed by atoms with van der Waals surface area (Å²) in [5.74, 6) is 17.0. The number of hydrogen-bond acceptors (Lipinski definition) is 2. The van der Waals surface area contributed by atoms with Crippen molar-refractivity contribution >= 4 is 31.6 Å². The van der Waals surface area contributed by atoms with E-state index in [9.17, 15) is 0 Å². The lowest BCUT2D eigenvalue weighted by atomic mass is 10.2. The molecule has 3 heteroatoms. The van der Waals surface area contributed by atoms with E-state index >= 15 is 0 Å². The largest absolute Gasteiger partial charge is 0.129 e. The highest BCUT2D eigenvalue weighted by molar-refractivity contribution is 8.03. The molecular weight excluding hydrogens is 429 g/mol. The molecule has 2 rings (SSSR count). The monoisotopic (exact) mass is 456 g/mol. The lowest BCUT2D eigenvalue weighted by Gasteiger charge is -2.05. The van der Waals surface area contributed by atoms with Gasteiger partial charge in [0.05, 0.1) is 9.81 Å². The van der Waals surface area contributed by atoms with Gasteiger partial charge in [-0.1, -0.05) is 92.1 Å². The average Bonchev–Trinajstić information content (AvgIpc) is 2.77. The van der Waals surface area contributed by atoms with Crippen molar-refractivity contribution < 1.29 is 0 Å². The van der Waals surface area contributed by atoms with E-state index in [0.717, 1.165) is 21.3 Å². The second-order valence-electron chi connectivity index (χ2n) is 7.74. The highest BCUT2D eigenvalue weighted by Crippen LogP contribution is 2.24. The molecule has 156 valence electrons. The summed E-state index contributed by atoms with van der Waals surface area (Å²) >= 11 is 3.51. The molecule has 0 aliphatic rings. The van der Waals surface area contributed by atoms with Crippen LogP contribution < -0.4 is 0 Å². The number of hydrogen-bond donors (Lipinski definition) is 0. The van der Waals surface area contributed by atoms with Crippen molar-refractivity contribution in [2.24, 2.45) is 0 Å².